The lowest BCUT2D eigenvalue weighted by molar-refractivity contribution is -0.133. The standard InChI is InChI=1S/C27H27FN6O2S/c1-4-6-21-14-25(35)32(27(29-21)33-18(3)13-17(2)30-33)16-26(36)34-23(19-8-10-20(28)11-9-19)15-22(31-34)24-7-5-12-37-24/h5,7-14,23H,4,6,15-16H2,1-3H3. The molecule has 1 amide bonds. The normalized spacial score (nSPS) is 15.3. The molecule has 1 unspecified atom stereocenters. The smallest absolute Gasteiger partial charge is 0.263 e. The summed E-state index contributed by atoms with van der Waals surface area (Å²) < 4.78 is 16.6. The van der Waals surface area contributed by atoms with Gasteiger partial charge in [0.2, 0.25) is 5.95 Å². The first-order valence-corrected chi connectivity index (χ1v) is 13.0. The zero-order valence-electron chi connectivity index (χ0n) is 20.9. The van der Waals surface area contributed by atoms with Crippen LogP contribution in [-0.4, -0.2) is 36.0 Å². The highest BCUT2D eigenvalue weighted by atomic mass is 32.1. The number of hydrogen-bond acceptors (Lipinski definition) is 6. The van der Waals surface area contributed by atoms with Crippen molar-refractivity contribution in [3.8, 4) is 5.95 Å². The predicted molar refractivity (Wildman–Crippen MR) is 141 cm³/mol. The molecule has 0 fully saturated rings. The Bertz CT molecular complexity index is 1520. The molecule has 0 bridgehead atoms. The van der Waals surface area contributed by atoms with E-state index < -0.39 is 6.04 Å². The van der Waals surface area contributed by atoms with E-state index in [1.165, 1.54) is 27.8 Å². The largest absolute Gasteiger partial charge is 0.271 e. The second-order valence-corrected chi connectivity index (χ2v) is 10.0. The molecule has 190 valence electrons. The van der Waals surface area contributed by atoms with Crippen LogP contribution in [0.1, 0.15) is 53.3 Å². The molecule has 1 aromatic carbocycles. The molecule has 10 heteroatoms. The third-order valence-corrected chi connectivity index (χ3v) is 7.18. The fourth-order valence-corrected chi connectivity index (χ4v) is 5.27. The lowest BCUT2D eigenvalue weighted by Crippen LogP contribution is -2.36. The van der Waals surface area contributed by atoms with E-state index >= 15 is 0 Å². The van der Waals surface area contributed by atoms with Crippen molar-refractivity contribution in [3.63, 3.8) is 0 Å². The number of nitrogens with zero attached hydrogens (tertiary/aromatic N) is 6. The molecule has 8 nitrogen and oxygen atoms in total. The average Bonchev–Trinajstić information content (AvgIpc) is 3.61. The topological polar surface area (TPSA) is 85.4 Å². The van der Waals surface area contributed by atoms with Crippen molar-refractivity contribution in [1.82, 2.24) is 24.3 Å². The fourth-order valence-electron chi connectivity index (χ4n) is 4.55. The van der Waals surface area contributed by atoms with Crippen LogP contribution in [0.3, 0.4) is 0 Å². The maximum Gasteiger partial charge on any atom is 0.263 e. The van der Waals surface area contributed by atoms with Crippen molar-refractivity contribution in [2.45, 2.75) is 52.6 Å². The molecule has 1 aliphatic heterocycles. The van der Waals surface area contributed by atoms with Crippen LogP contribution >= 0.6 is 11.3 Å². The number of aryl methyl sites for hydroxylation is 3. The van der Waals surface area contributed by atoms with Crippen molar-refractivity contribution < 1.29 is 9.18 Å². The van der Waals surface area contributed by atoms with E-state index in [0.717, 1.165) is 34.0 Å². The van der Waals surface area contributed by atoms with E-state index in [1.54, 1.807) is 28.2 Å². The van der Waals surface area contributed by atoms with E-state index in [1.807, 2.05) is 44.4 Å². The van der Waals surface area contributed by atoms with Gasteiger partial charge in [0.05, 0.1) is 22.3 Å². The maximum atomic E-state index is 13.7. The average molecular weight is 519 g/mol. The number of carbonyl (C=O) groups excluding carboxylic acids is 1. The Kier molecular flexibility index (Phi) is 6.84. The lowest BCUT2D eigenvalue weighted by Gasteiger charge is -2.23. The van der Waals surface area contributed by atoms with Gasteiger partial charge in [-0.3, -0.25) is 14.2 Å². The third-order valence-electron chi connectivity index (χ3n) is 6.27. The van der Waals surface area contributed by atoms with Crippen molar-refractivity contribution in [2.75, 3.05) is 0 Å². The van der Waals surface area contributed by atoms with Gasteiger partial charge in [-0.2, -0.15) is 10.2 Å². The van der Waals surface area contributed by atoms with Crippen LogP contribution < -0.4 is 5.56 Å². The lowest BCUT2D eigenvalue weighted by atomic mass is 10.0. The fraction of sp³-hybridized carbons (Fsp3) is 0.296. The van der Waals surface area contributed by atoms with Crippen molar-refractivity contribution in [2.24, 2.45) is 5.10 Å². The van der Waals surface area contributed by atoms with Gasteiger partial charge in [-0.25, -0.2) is 19.1 Å². The highest BCUT2D eigenvalue weighted by Crippen LogP contribution is 2.34. The number of hydrogen-bond donors (Lipinski definition) is 0. The minimum absolute atomic E-state index is 0.259. The number of halogens is 1. The predicted octanol–water partition coefficient (Wildman–Crippen LogP) is 4.58. The van der Waals surface area contributed by atoms with E-state index in [2.05, 4.69) is 10.2 Å². The molecule has 4 aromatic rings. The molecule has 0 saturated heterocycles. The maximum absolute atomic E-state index is 13.7. The van der Waals surface area contributed by atoms with Gasteiger partial charge in [0.25, 0.3) is 11.5 Å². The molecular formula is C27H27FN6O2S. The quantitative estimate of drug-likeness (QED) is 0.359. The Hall–Kier alpha value is -3.92. The molecule has 5 rings (SSSR count). The number of hydrazone groups is 1. The molecule has 0 radical (unpaired) electrons. The number of rotatable bonds is 7. The summed E-state index contributed by atoms with van der Waals surface area (Å²) in [4.78, 5) is 32.7. The van der Waals surface area contributed by atoms with Crippen LogP contribution in [0.15, 0.2) is 63.8 Å². The van der Waals surface area contributed by atoms with Gasteiger partial charge in [-0.1, -0.05) is 31.5 Å². The Labute approximate surface area is 217 Å². The third kappa shape index (κ3) is 5.01. The molecule has 0 aliphatic carbocycles. The summed E-state index contributed by atoms with van der Waals surface area (Å²) in [6.07, 6.45) is 1.97. The number of thiophene rings is 1. The van der Waals surface area contributed by atoms with Gasteiger partial charge >= 0.3 is 0 Å². The summed E-state index contributed by atoms with van der Waals surface area (Å²) in [5.41, 5.74) is 3.47. The van der Waals surface area contributed by atoms with Gasteiger partial charge in [-0.05, 0) is 55.5 Å². The SMILES string of the molecule is CCCc1cc(=O)n(CC(=O)N2N=C(c3cccs3)CC2c2ccc(F)cc2)c(-n2nc(C)cc2C)n1. The molecular weight excluding hydrogens is 491 g/mol. The van der Waals surface area contributed by atoms with Crippen molar-refractivity contribution in [3.05, 3.63) is 97.6 Å². The summed E-state index contributed by atoms with van der Waals surface area (Å²) in [5.74, 6) is -0.413. The van der Waals surface area contributed by atoms with Crippen molar-refractivity contribution >= 4 is 23.0 Å². The Morgan fingerprint density at radius 1 is 1.16 bits per heavy atom. The molecule has 0 spiro atoms. The first kappa shape index (κ1) is 24.8. The molecule has 1 atom stereocenters. The second kappa shape index (κ2) is 10.2. The highest BCUT2D eigenvalue weighted by molar-refractivity contribution is 7.12. The molecule has 4 heterocycles. The van der Waals surface area contributed by atoms with Crippen LogP contribution in [0.5, 0.6) is 0 Å². The van der Waals surface area contributed by atoms with Gasteiger partial charge < -0.3 is 0 Å². The molecule has 0 saturated carbocycles. The Morgan fingerprint density at radius 2 is 1.95 bits per heavy atom. The summed E-state index contributed by atoms with van der Waals surface area (Å²) in [7, 11) is 0. The van der Waals surface area contributed by atoms with E-state index in [0.29, 0.717) is 24.5 Å². The number of carbonyl (C=O) groups is 1. The van der Waals surface area contributed by atoms with Crippen LogP contribution in [-0.2, 0) is 17.8 Å². The number of benzene rings is 1. The van der Waals surface area contributed by atoms with E-state index in [-0.39, 0.29) is 23.8 Å². The second-order valence-electron chi connectivity index (χ2n) is 9.09. The van der Waals surface area contributed by atoms with E-state index in [4.69, 9.17) is 4.98 Å². The van der Waals surface area contributed by atoms with Crippen LogP contribution in [0.2, 0.25) is 0 Å². The van der Waals surface area contributed by atoms with Gasteiger partial charge in [0.1, 0.15) is 12.4 Å². The molecule has 3 aromatic heterocycles. The molecule has 37 heavy (non-hydrogen) atoms. The van der Waals surface area contributed by atoms with Crippen LogP contribution in [0.4, 0.5) is 4.39 Å². The van der Waals surface area contributed by atoms with Gasteiger partial charge in [0.15, 0.2) is 0 Å². The first-order valence-electron chi connectivity index (χ1n) is 12.2. The highest BCUT2D eigenvalue weighted by Gasteiger charge is 2.34. The number of amides is 1. The summed E-state index contributed by atoms with van der Waals surface area (Å²) in [6, 6.07) is 13.0. The van der Waals surface area contributed by atoms with E-state index in [9.17, 15) is 14.0 Å². The summed E-state index contributed by atoms with van der Waals surface area (Å²) in [5, 5.41) is 12.6. The molecule has 0 N–H and O–H groups in total. The Balaban J connectivity index is 1.54. The van der Waals surface area contributed by atoms with Crippen molar-refractivity contribution in [1.29, 1.82) is 0 Å². The zero-order chi connectivity index (χ0) is 26.1. The zero-order valence-corrected chi connectivity index (χ0v) is 21.7. The molecule has 1 aliphatic rings. The Morgan fingerprint density at radius 3 is 2.59 bits per heavy atom. The van der Waals surface area contributed by atoms with Crippen LogP contribution in [0, 0.1) is 19.7 Å². The van der Waals surface area contributed by atoms with Gasteiger partial charge in [0, 0.05) is 23.9 Å². The minimum atomic E-state index is -0.412. The van der Waals surface area contributed by atoms with Crippen LogP contribution in [0.25, 0.3) is 5.95 Å². The first-order chi connectivity index (χ1) is 17.8. The van der Waals surface area contributed by atoms with Gasteiger partial charge in [-0.15, -0.1) is 11.3 Å². The number of aromatic nitrogens is 4. The monoisotopic (exact) mass is 518 g/mol. The summed E-state index contributed by atoms with van der Waals surface area (Å²) in [6.45, 7) is 5.51. The summed E-state index contributed by atoms with van der Waals surface area (Å²) >= 11 is 1.54. The minimum Gasteiger partial charge on any atom is -0.271 e.